The smallest absolute Gasteiger partial charge is 0.475 e. The summed E-state index contributed by atoms with van der Waals surface area (Å²) in [4.78, 5) is 20.8. The molecular formula is C17H25F3N2O3. The second kappa shape index (κ2) is 11.5. The first-order valence-electron chi connectivity index (χ1n) is 7.87. The fraction of sp³-hybridized carbons (Fsp3) is 0.529. The minimum absolute atomic E-state index is 0.0826. The number of alkyl halides is 3. The lowest BCUT2D eigenvalue weighted by molar-refractivity contribution is -0.192. The quantitative estimate of drug-likeness (QED) is 0.697. The van der Waals surface area contributed by atoms with Gasteiger partial charge < -0.3 is 15.7 Å². The maximum atomic E-state index is 11.9. The molecular weight excluding hydrogens is 337 g/mol. The first-order chi connectivity index (χ1) is 11.6. The van der Waals surface area contributed by atoms with Gasteiger partial charge in [-0.1, -0.05) is 44.2 Å². The lowest BCUT2D eigenvalue weighted by Crippen LogP contribution is -2.43. The van der Waals surface area contributed by atoms with E-state index in [-0.39, 0.29) is 11.9 Å². The van der Waals surface area contributed by atoms with Crippen LogP contribution in [0.3, 0.4) is 0 Å². The molecule has 0 aromatic heterocycles. The van der Waals surface area contributed by atoms with E-state index in [1.165, 1.54) is 5.56 Å². The van der Waals surface area contributed by atoms with Crippen LogP contribution in [0.15, 0.2) is 30.3 Å². The minimum atomic E-state index is -5.08. The van der Waals surface area contributed by atoms with E-state index in [1.807, 2.05) is 25.2 Å². The third kappa shape index (κ3) is 11.1. The molecule has 0 fully saturated rings. The molecule has 0 saturated carbocycles. The first kappa shape index (κ1) is 22.9. The minimum Gasteiger partial charge on any atom is -0.475 e. The number of carbonyl (C=O) groups is 2. The molecule has 142 valence electrons. The summed E-state index contributed by atoms with van der Waals surface area (Å²) in [5, 5.41) is 13.2. The number of hydrogen-bond acceptors (Lipinski definition) is 3. The second-order valence-corrected chi connectivity index (χ2v) is 5.80. The summed E-state index contributed by atoms with van der Waals surface area (Å²) in [6.45, 7) is 4.95. The van der Waals surface area contributed by atoms with Crippen LogP contribution in [0, 0.1) is 5.92 Å². The Labute approximate surface area is 145 Å². The molecule has 0 saturated heterocycles. The van der Waals surface area contributed by atoms with Crippen molar-refractivity contribution in [1.82, 2.24) is 10.6 Å². The average molecular weight is 362 g/mol. The third-order valence-corrected chi connectivity index (χ3v) is 3.17. The zero-order valence-electron chi connectivity index (χ0n) is 14.6. The molecule has 0 aliphatic carbocycles. The summed E-state index contributed by atoms with van der Waals surface area (Å²) in [5.74, 6) is -2.14. The number of benzene rings is 1. The highest BCUT2D eigenvalue weighted by Crippen LogP contribution is 2.13. The van der Waals surface area contributed by atoms with Crippen LogP contribution in [0.2, 0.25) is 0 Å². The Morgan fingerprint density at radius 2 is 1.68 bits per heavy atom. The van der Waals surface area contributed by atoms with Crippen LogP contribution in [0.1, 0.15) is 25.8 Å². The Bertz CT molecular complexity index is 520. The zero-order valence-corrected chi connectivity index (χ0v) is 14.6. The number of carboxylic acid groups (broad SMARTS) is 1. The molecule has 1 amide bonds. The molecule has 0 aliphatic heterocycles. The van der Waals surface area contributed by atoms with E-state index in [4.69, 9.17) is 9.90 Å². The van der Waals surface area contributed by atoms with Crippen molar-refractivity contribution in [2.75, 3.05) is 13.6 Å². The van der Waals surface area contributed by atoms with Crippen LogP contribution in [0.4, 0.5) is 13.2 Å². The number of carboxylic acids is 1. The molecule has 3 N–H and O–H groups in total. The van der Waals surface area contributed by atoms with E-state index >= 15 is 0 Å². The van der Waals surface area contributed by atoms with Crippen molar-refractivity contribution in [2.24, 2.45) is 5.92 Å². The highest BCUT2D eigenvalue weighted by molar-refractivity contribution is 5.81. The molecule has 0 radical (unpaired) electrons. The van der Waals surface area contributed by atoms with E-state index in [1.54, 1.807) is 0 Å². The van der Waals surface area contributed by atoms with Gasteiger partial charge in [-0.2, -0.15) is 13.2 Å². The van der Waals surface area contributed by atoms with Gasteiger partial charge in [-0.3, -0.25) is 4.79 Å². The predicted molar refractivity (Wildman–Crippen MR) is 89.1 cm³/mol. The summed E-state index contributed by atoms with van der Waals surface area (Å²) >= 11 is 0. The number of aliphatic carboxylic acids is 1. The maximum Gasteiger partial charge on any atom is 0.490 e. The number of hydrogen-bond donors (Lipinski definition) is 3. The number of nitrogens with one attached hydrogen (secondary N) is 2. The van der Waals surface area contributed by atoms with Crippen molar-refractivity contribution in [3.8, 4) is 0 Å². The molecule has 8 heteroatoms. The van der Waals surface area contributed by atoms with Gasteiger partial charge in [0.05, 0.1) is 6.04 Å². The summed E-state index contributed by atoms with van der Waals surface area (Å²) in [6, 6.07) is 10.1. The van der Waals surface area contributed by atoms with Crippen LogP contribution in [0.5, 0.6) is 0 Å². The van der Waals surface area contributed by atoms with Crippen molar-refractivity contribution in [3.05, 3.63) is 35.9 Å². The van der Waals surface area contributed by atoms with Gasteiger partial charge in [-0.15, -0.1) is 0 Å². The summed E-state index contributed by atoms with van der Waals surface area (Å²) < 4.78 is 31.7. The number of rotatable bonds is 7. The van der Waals surface area contributed by atoms with Crippen molar-refractivity contribution < 1.29 is 27.9 Å². The van der Waals surface area contributed by atoms with Crippen LogP contribution in [-0.2, 0) is 16.0 Å². The number of likely N-dealkylation sites (N-methyl/N-ethyl adjacent to an activating group) is 1. The largest absolute Gasteiger partial charge is 0.490 e. The van der Waals surface area contributed by atoms with Gasteiger partial charge in [0.25, 0.3) is 0 Å². The monoisotopic (exact) mass is 362 g/mol. The predicted octanol–water partition coefficient (Wildman–Crippen LogP) is 2.61. The first-order valence-corrected chi connectivity index (χ1v) is 7.87. The molecule has 25 heavy (non-hydrogen) atoms. The average Bonchev–Trinajstić information content (AvgIpc) is 2.53. The Hall–Kier alpha value is -2.09. The van der Waals surface area contributed by atoms with E-state index in [9.17, 15) is 18.0 Å². The molecule has 5 nitrogen and oxygen atoms in total. The summed E-state index contributed by atoms with van der Waals surface area (Å²) in [6.07, 6.45) is -3.33. The van der Waals surface area contributed by atoms with Crippen LogP contribution in [0.25, 0.3) is 0 Å². The lowest BCUT2D eigenvalue weighted by atomic mass is 10.0. The summed E-state index contributed by atoms with van der Waals surface area (Å²) in [5.41, 5.74) is 1.25. The van der Waals surface area contributed by atoms with Crippen molar-refractivity contribution in [3.63, 3.8) is 0 Å². The van der Waals surface area contributed by atoms with E-state index in [0.29, 0.717) is 12.5 Å². The Balaban J connectivity index is 0.000000697. The van der Waals surface area contributed by atoms with Gasteiger partial charge >= 0.3 is 12.1 Å². The van der Waals surface area contributed by atoms with Gasteiger partial charge in [0.15, 0.2) is 0 Å². The fourth-order valence-electron chi connectivity index (χ4n) is 1.93. The van der Waals surface area contributed by atoms with E-state index < -0.39 is 12.1 Å². The Kier molecular flexibility index (Phi) is 10.5. The lowest BCUT2D eigenvalue weighted by Gasteiger charge is -2.17. The number of halogens is 3. The molecule has 1 aromatic rings. The normalized spacial score (nSPS) is 12.1. The molecule has 0 spiro atoms. The van der Waals surface area contributed by atoms with Crippen molar-refractivity contribution in [2.45, 2.75) is 38.9 Å². The SMILES string of the molecule is CN[C@@H](CC(C)C)C(=O)NCCc1ccccc1.O=C(O)C(F)(F)F. The topological polar surface area (TPSA) is 78.4 Å². The molecule has 0 heterocycles. The van der Waals surface area contributed by atoms with Crippen molar-refractivity contribution >= 4 is 11.9 Å². The maximum absolute atomic E-state index is 11.9. The molecule has 1 aromatic carbocycles. The van der Waals surface area contributed by atoms with Gasteiger partial charge in [0.2, 0.25) is 5.91 Å². The van der Waals surface area contributed by atoms with Crippen LogP contribution >= 0.6 is 0 Å². The molecule has 1 atom stereocenters. The fourth-order valence-corrected chi connectivity index (χ4v) is 1.93. The van der Waals surface area contributed by atoms with Crippen LogP contribution < -0.4 is 10.6 Å². The summed E-state index contributed by atoms with van der Waals surface area (Å²) in [7, 11) is 1.84. The highest BCUT2D eigenvalue weighted by Gasteiger charge is 2.38. The standard InChI is InChI=1S/C15H24N2O.C2HF3O2/c1-12(2)11-14(16-3)15(18)17-10-9-13-7-5-4-6-8-13;3-2(4,5)1(6)7/h4-8,12,14,16H,9-11H2,1-3H3,(H,17,18);(H,6,7)/t14-;/m0./s1. The van der Waals surface area contributed by atoms with Crippen molar-refractivity contribution in [1.29, 1.82) is 0 Å². The highest BCUT2D eigenvalue weighted by atomic mass is 19.4. The molecule has 0 bridgehead atoms. The van der Waals surface area contributed by atoms with E-state index in [0.717, 1.165) is 12.8 Å². The van der Waals surface area contributed by atoms with Gasteiger partial charge in [0.1, 0.15) is 0 Å². The number of amides is 1. The zero-order chi connectivity index (χ0) is 19.5. The third-order valence-electron chi connectivity index (χ3n) is 3.17. The van der Waals surface area contributed by atoms with E-state index in [2.05, 4.69) is 36.6 Å². The Morgan fingerprint density at radius 1 is 1.16 bits per heavy atom. The molecule has 0 aliphatic rings. The molecule has 0 unspecified atom stereocenters. The van der Waals surface area contributed by atoms with Crippen LogP contribution in [-0.4, -0.2) is 42.8 Å². The van der Waals surface area contributed by atoms with Gasteiger partial charge in [-0.25, -0.2) is 4.79 Å². The second-order valence-electron chi connectivity index (χ2n) is 5.80. The number of carbonyl (C=O) groups excluding carboxylic acids is 1. The van der Waals surface area contributed by atoms with Gasteiger partial charge in [-0.05, 0) is 31.4 Å². The molecule has 1 rings (SSSR count). The Morgan fingerprint density at radius 3 is 2.08 bits per heavy atom. The van der Waals surface area contributed by atoms with Gasteiger partial charge in [0, 0.05) is 6.54 Å².